The molecule has 0 radical (unpaired) electrons. The molecule has 10 heteroatoms. The Morgan fingerprint density at radius 2 is 2.06 bits per heavy atom. The third-order valence-electron chi connectivity index (χ3n) is 4.99. The lowest BCUT2D eigenvalue weighted by Gasteiger charge is -2.25. The average molecular weight is 555 g/mol. The number of anilines is 1. The van der Waals surface area contributed by atoms with Crippen molar-refractivity contribution in [3.05, 3.63) is 41.5 Å². The summed E-state index contributed by atoms with van der Waals surface area (Å²) in [5, 5.41) is 14.3. The zero-order valence-corrected chi connectivity index (χ0v) is 21.4. The van der Waals surface area contributed by atoms with Gasteiger partial charge in [-0.3, -0.25) is 4.79 Å². The molecule has 1 amide bonds. The lowest BCUT2D eigenvalue weighted by Crippen LogP contribution is -2.47. The first-order valence-corrected chi connectivity index (χ1v) is 11.0. The monoisotopic (exact) mass is 555 g/mol. The van der Waals surface area contributed by atoms with Gasteiger partial charge in [0.15, 0.2) is 11.8 Å². The largest absolute Gasteiger partial charge is 0.377 e. The second-order valence-electron chi connectivity index (χ2n) is 7.63. The van der Waals surface area contributed by atoms with Gasteiger partial charge in [-0.05, 0) is 37.5 Å². The molecule has 176 valence electrons. The molecule has 2 heterocycles. The standard InChI is InChI=1S/C22H33N7O2.HI/c1-4-6-21(30)25-17-9-7-16(8-10-17)13-24-22(23-5-2)26-18-11-12-20-27-19(15-31-3)28-29(20)14-18;/h7-10,18H,4-6,11-15H2,1-3H3,(H,25,30)(H2,23,24,26);1H. The van der Waals surface area contributed by atoms with Crippen molar-refractivity contribution < 1.29 is 9.53 Å². The smallest absolute Gasteiger partial charge is 0.224 e. The van der Waals surface area contributed by atoms with Crippen LogP contribution in [0, 0.1) is 0 Å². The number of nitrogens with zero attached hydrogens (tertiary/aromatic N) is 4. The number of ether oxygens (including phenoxy) is 1. The lowest BCUT2D eigenvalue weighted by atomic mass is 10.1. The maximum absolute atomic E-state index is 11.7. The number of hydrogen-bond acceptors (Lipinski definition) is 5. The minimum atomic E-state index is 0. The highest BCUT2D eigenvalue weighted by Gasteiger charge is 2.22. The maximum atomic E-state index is 11.7. The predicted octanol–water partition coefficient (Wildman–Crippen LogP) is 2.85. The van der Waals surface area contributed by atoms with E-state index in [-0.39, 0.29) is 35.9 Å². The Balaban J connectivity index is 0.00000363. The molecule has 3 N–H and O–H groups in total. The molecule has 0 saturated carbocycles. The van der Waals surface area contributed by atoms with E-state index in [4.69, 9.17) is 9.73 Å². The predicted molar refractivity (Wildman–Crippen MR) is 136 cm³/mol. The molecular formula is C22H34IN7O2. The summed E-state index contributed by atoms with van der Waals surface area (Å²) in [6, 6.07) is 8.06. The maximum Gasteiger partial charge on any atom is 0.224 e. The number of nitrogens with one attached hydrogen (secondary N) is 3. The number of benzene rings is 1. The van der Waals surface area contributed by atoms with Crippen molar-refractivity contribution in [3.8, 4) is 0 Å². The fraction of sp³-hybridized carbons (Fsp3) is 0.545. The van der Waals surface area contributed by atoms with E-state index >= 15 is 0 Å². The Morgan fingerprint density at radius 1 is 1.28 bits per heavy atom. The molecular weight excluding hydrogens is 521 g/mol. The molecule has 1 aliphatic heterocycles. The summed E-state index contributed by atoms with van der Waals surface area (Å²) in [5.74, 6) is 2.57. The van der Waals surface area contributed by atoms with Gasteiger partial charge >= 0.3 is 0 Å². The van der Waals surface area contributed by atoms with Crippen LogP contribution in [0.5, 0.6) is 0 Å². The number of halogens is 1. The van der Waals surface area contributed by atoms with Crippen molar-refractivity contribution in [2.75, 3.05) is 19.0 Å². The minimum absolute atomic E-state index is 0. The van der Waals surface area contributed by atoms with Crippen LogP contribution in [0.2, 0.25) is 0 Å². The average Bonchev–Trinajstić information content (AvgIpc) is 3.15. The van der Waals surface area contributed by atoms with E-state index in [1.54, 1.807) is 7.11 Å². The van der Waals surface area contributed by atoms with Gasteiger partial charge in [-0.25, -0.2) is 14.7 Å². The van der Waals surface area contributed by atoms with E-state index < -0.39 is 0 Å². The zero-order valence-electron chi connectivity index (χ0n) is 19.1. The Hall–Kier alpha value is -2.21. The van der Waals surface area contributed by atoms with Gasteiger partial charge in [0.2, 0.25) is 5.91 Å². The molecule has 1 atom stereocenters. The molecule has 0 bridgehead atoms. The third-order valence-corrected chi connectivity index (χ3v) is 4.99. The second-order valence-corrected chi connectivity index (χ2v) is 7.63. The highest BCUT2D eigenvalue weighted by atomic mass is 127. The van der Waals surface area contributed by atoms with Crippen LogP contribution in [0.25, 0.3) is 0 Å². The van der Waals surface area contributed by atoms with Crippen molar-refractivity contribution >= 4 is 41.5 Å². The summed E-state index contributed by atoms with van der Waals surface area (Å²) < 4.78 is 7.10. The number of methoxy groups -OCH3 is 1. The summed E-state index contributed by atoms with van der Waals surface area (Å²) in [7, 11) is 1.65. The molecule has 9 nitrogen and oxygen atoms in total. The number of amides is 1. The quantitative estimate of drug-likeness (QED) is 0.250. The van der Waals surface area contributed by atoms with Crippen LogP contribution >= 0.6 is 24.0 Å². The van der Waals surface area contributed by atoms with Crippen LogP contribution in [0.15, 0.2) is 29.3 Å². The van der Waals surface area contributed by atoms with Gasteiger partial charge < -0.3 is 20.7 Å². The topological polar surface area (TPSA) is 105 Å². The zero-order chi connectivity index (χ0) is 22.1. The first kappa shape index (κ1) is 26.0. The van der Waals surface area contributed by atoms with Gasteiger partial charge in [0.1, 0.15) is 12.4 Å². The molecule has 2 aromatic rings. The molecule has 0 saturated heterocycles. The Kier molecular flexibility index (Phi) is 10.9. The molecule has 0 aliphatic carbocycles. The second kappa shape index (κ2) is 13.4. The third kappa shape index (κ3) is 7.73. The molecule has 32 heavy (non-hydrogen) atoms. The number of fused-ring (bicyclic) bond motifs is 1. The van der Waals surface area contributed by atoms with Crippen molar-refractivity contribution in [3.63, 3.8) is 0 Å². The van der Waals surface area contributed by atoms with Crippen molar-refractivity contribution in [2.45, 2.75) is 65.3 Å². The minimum Gasteiger partial charge on any atom is -0.377 e. The molecule has 0 spiro atoms. The molecule has 3 rings (SSSR count). The number of aryl methyl sites for hydroxylation is 1. The SMILES string of the molecule is CCCC(=O)Nc1ccc(CN=C(NCC)NC2CCc3nc(COC)nn3C2)cc1.I. The van der Waals surface area contributed by atoms with Gasteiger partial charge in [-0.15, -0.1) is 24.0 Å². The van der Waals surface area contributed by atoms with E-state index in [0.717, 1.165) is 61.2 Å². The summed E-state index contributed by atoms with van der Waals surface area (Å²) in [5.41, 5.74) is 1.90. The summed E-state index contributed by atoms with van der Waals surface area (Å²) >= 11 is 0. The number of aliphatic imine (C=N–C) groups is 1. The normalized spacial score (nSPS) is 15.5. The van der Waals surface area contributed by atoms with Crippen molar-refractivity contribution in [2.24, 2.45) is 4.99 Å². The first-order chi connectivity index (χ1) is 15.1. The van der Waals surface area contributed by atoms with Gasteiger partial charge in [0.25, 0.3) is 0 Å². The Labute approximate surface area is 206 Å². The van der Waals surface area contributed by atoms with Gasteiger partial charge in [0, 0.05) is 38.2 Å². The lowest BCUT2D eigenvalue weighted by molar-refractivity contribution is -0.116. The fourth-order valence-electron chi connectivity index (χ4n) is 3.50. The van der Waals surface area contributed by atoms with Crippen molar-refractivity contribution in [1.82, 2.24) is 25.4 Å². The summed E-state index contributed by atoms with van der Waals surface area (Å²) in [6.07, 6.45) is 3.22. The van der Waals surface area contributed by atoms with Crippen LogP contribution in [0.3, 0.4) is 0 Å². The Morgan fingerprint density at radius 3 is 2.75 bits per heavy atom. The molecule has 1 aromatic carbocycles. The highest BCUT2D eigenvalue weighted by molar-refractivity contribution is 14.0. The number of rotatable bonds is 9. The van der Waals surface area contributed by atoms with Gasteiger partial charge in [-0.2, -0.15) is 5.10 Å². The molecule has 1 unspecified atom stereocenters. The first-order valence-electron chi connectivity index (χ1n) is 11.0. The van der Waals surface area contributed by atoms with Crippen LogP contribution in [-0.4, -0.2) is 46.3 Å². The van der Waals surface area contributed by atoms with E-state index in [1.807, 2.05) is 35.9 Å². The Bertz CT molecular complexity index is 883. The van der Waals surface area contributed by atoms with E-state index in [1.165, 1.54) is 0 Å². The number of guanidine groups is 1. The van der Waals surface area contributed by atoms with Crippen LogP contribution < -0.4 is 16.0 Å². The molecule has 1 aromatic heterocycles. The fourth-order valence-corrected chi connectivity index (χ4v) is 3.50. The number of carbonyl (C=O) groups excluding carboxylic acids is 1. The number of carbonyl (C=O) groups is 1. The summed E-state index contributed by atoms with van der Waals surface area (Å²) in [6.45, 7) is 6.57. The van der Waals surface area contributed by atoms with E-state index in [0.29, 0.717) is 19.6 Å². The highest BCUT2D eigenvalue weighted by Crippen LogP contribution is 2.14. The molecule has 1 aliphatic rings. The van der Waals surface area contributed by atoms with Crippen LogP contribution in [0.4, 0.5) is 5.69 Å². The van der Waals surface area contributed by atoms with Gasteiger partial charge in [0.05, 0.1) is 13.1 Å². The van der Waals surface area contributed by atoms with Crippen LogP contribution in [-0.2, 0) is 35.6 Å². The van der Waals surface area contributed by atoms with Crippen LogP contribution in [0.1, 0.15) is 50.3 Å². The molecule has 0 fully saturated rings. The number of aromatic nitrogens is 3. The summed E-state index contributed by atoms with van der Waals surface area (Å²) in [4.78, 5) is 21.0. The number of hydrogen-bond donors (Lipinski definition) is 3. The van der Waals surface area contributed by atoms with E-state index in [2.05, 4.69) is 33.0 Å². The van der Waals surface area contributed by atoms with E-state index in [9.17, 15) is 4.79 Å². The van der Waals surface area contributed by atoms with Gasteiger partial charge in [-0.1, -0.05) is 19.1 Å². The van der Waals surface area contributed by atoms with Crippen molar-refractivity contribution in [1.29, 1.82) is 0 Å².